The lowest BCUT2D eigenvalue weighted by atomic mass is 10.3. The fourth-order valence-corrected chi connectivity index (χ4v) is 2.92. The van der Waals surface area contributed by atoms with Crippen molar-refractivity contribution in [2.75, 3.05) is 11.1 Å². The topological polar surface area (TPSA) is 59.8 Å². The van der Waals surface area contributed by atoms with Crippen LogP contribution >= 0.6 is 23.4 Å². The minimum atomic E-state index is -0.474. The Kier molecular flexibility index (Phi) is 5.12. The third-order valence-corrected chi connectivity index (χ3v) is 4.26. The molecule has 0 aliphatic carbocycles. The number of nitrogens with zero attached hydrogens (tertiary/aromatic N) is 3. The number of carbonyl (C=O) groups is 1. The monoisotopic (exact) mass is 362 g/mol. The maximum atomic E-state index is 13.5. The van der Waals surface area contributed by atoms with Crippen LogP contribution in [-0.4, -0.2) is 26.4 Å². The van der Waals surface area contributed by atoms with E-state index in [1.807, 2.05) is 12.1 Å². The summed E-state index contributed by atoms with van der Waals surface area (Å²) in [6, 6.07) is 13.2. The van der Waals surface area contributed by atoms with E-state index in [9.17, 15) is 9.18 Å². The van der Waals surface area contributed by atoms with E-state index in [0.717, 1.165) is 5.69 Å². The molecule has 0 unspecified atom stereocenters. The number of hydrogen-bond acceptors (Lipinski definition) is 4. The molecule has 0 spiro atoms. The van der Waals surface area contributed by atoms with Gasteiger partial charge in [-0.15, -0.1) is 10.2 Å². The first-order valence-corrected chi connectivity index (χ1v) is 8.33. The van der Waals surface area contributed by atoms with Crippen molar-refractivity contribution in [1.82, 2.24) is 14.8 Å². The summed E-state index contributed by atoms with van der Waals surface area (Å²) in [6.07, 6.45) is 1.54. The predicted octanol–water partition coefficient (Wildman–Crippen LogP) is 3.79. The summed E-state index contributed by atoms with van der Waals surface area (Å²) in [5.41, 5.74) is 0.948. The molecule has 0 aliphatic heterocycles. The first-order valence-electron chi connectivity index (χ1n) is 6.96. The van der Waals surface area contributed by atoms with Crippen molar-refractivity contribution in [2.45, 2.75) is 5.16 Å². The van der Waals surface area contributed by atoms with Crippen LogP contribution in [0.5, 0.6) is 0 Å². The molecular weight excluding hydrogens is 351 g/mol. The molecule has 0 fully saturated rings. The maximum absolute atomic E-state index is 13.5. The smallest absolute Gasteiger partial charge is 0.234 e. The molecule has 0 aliphatic rings. The standard InChI is InChI=1S/C16H12ClFN4OS/c17-11-4-3-5-12(8-11)22-10-19-21-16(22)24-9-15(23)20-14-7-2-1-6-13(14)18/h1-8,10H,9H2,(H,20,23). The van der Waals surface area contributed by atoms with Gasteiger partial charge in [-0.2, -0.15) is 0 Å². The van der Waals surface area contributed by atoms with Gasteiger partial charge < -0.3 is 5.32 Å². The number of thioether (sulfide) groups is 1. The fraction of sp³-hybridized carbons (Fsp3) is 0.0625. The normalized spacial score (nSPS) is 10.6. The largest absolute Gasteiger partial charge is 0.323 e. The summed E-state index contributed by atoms with van der Waals surface area (Å²) in [4.78, 5) is 12.0. The zero-order valence-corrected chi connectivity index (χ0v) is 13.9. The average molecular weight is 363 g/mol. The molecular formula is C16H12ClFN4OS. The Morgan fingerprint density at radius 1 is 1.25 bits per heavy atom. The highest BCUT2D eigenvalue weighted by atomic mass is 35.5. The molecule has 5 nitrogen and oxygen atoms in total. The van der Waals surface area contributed by atoms with Crippen LogP contribution in [0.25, 0.3) is 5.69 Å². The Morgan fingerprint density at radius 3 is 2.88 bits per heavy atom. The highest BCUT2D eigenvalue weighted by Crippen LogP contribution is 2.22. The third kappa shape index (κ3) is 3.93. The number of nitrogens with one attached hydrogen (secondary N) is 1. The highest BCUT2D eigenvalue weighted by Gasteiger charge is 2.11. The third-order valence-electron chi connectivity index (χ3n) is 3.08. The minimum Gasteiger partial charge on any atom is -0.323 e. The second kappa shape index (κ2) is 7.46. The lowest BCUT2D eigenvalue weighted by Gasteiger charge is -2.07. The molecule has 3 rings (SSSR count). The van der Waals surface area contributed by atoms with E-state index in [1.165, 1.54) is 23.9 Å². The summed E-state index contributed by atoms with van der Waals surface area (Å²) in [6.45, 7) is 0. The molecule has 0 saturated heterocycles. The number of amides is 1. The second-order valence-corrected chi connectivity index (χ2v) is 6.16. The van der Waals surface area contributed by atoms with Crippen molar-refractivity contribution in [3.8, 4) is 5.69 Å². The van der Waals surface area contributed by atoms with Gasteiger partial charge in [0.1, 0.15) is 12.1 Å². The molecule has 0 bridgehead atoms. The lowest BCUT2D eigenvalue weighted by molar-refractivity contribution is -0.113. The van der Waals surface area contributed by atoms with Crippen LogP contribution in [0.2, 0.25) is 5.02 Å². The van der Waals surface area contributed by atoms with Crippen molar-refractivity contribution in [2.24, 2.45) is 0 Å². The summed E-state index contributed by atoms with van der Waals surface area (Å²) >= 11 is 7.19. The lowest BCUT2D eigenvalue weighted by Crippen LogP contribution is -2.15. The molecule has 2 aromatic carbocycles. The Balaban J connectivity index is 1.67. The molecule has 0 saturated carbocycles. The number of rotatable bonds is 5. The quantitative estimate of drug-likeness (QED) is 0.701. The van der Waals surface area contributed by atoms with Gasteiger partial charge in [-0.25, -0.2) is 4.39 Å². The van der Waals surface area contributed by atoms with Gasteiger partial charge in [0.2, 0.25) is 5.91 Å². The van der Waals surface area contributed by atoms with Crippen LogP contribution in [0, 0.1) is 5.82 Å². The van der Waals surface area contributed by atoms with Crippen molar-refractivity contribution in [3.63, 3.8) is 0 Å². The van der Waals surface area contributed by atoms with E-state index in [1.54, 1.807) is 35.2 Å². The average Bonchev–Trinajstić information content (AvgIpc) is 3.04. The second-order valence-electron chi connectivity index (χ2n) is 4.78. The highest BCUT2D eigenvalue weighted by molar-refractivity contribution is 7.99. The molecule has 122 valence electrons. The SMILES string of the molecule is O=C(CSc1nncn1-c1cccc(Cl)c1)Nc1ccccc1F. The van der Waals surface area contributed by atoms with Gasteiger partial charge in [0.25, 0.3) is 0 Å². The van der Waals surface area contributed by atoms with Crippen LogP contribution < -0.4 is 5.32 Å². The Hall–Kier alpha value is -2.38. The van der Waals surface area contributed by atoms with E-state index < -0.39 is 5.82 Å². The minimum absolute atomic E-state index is 0.0770. The zero-order valence-electron chi connectivity index (χ0n) is 12.3. The van der Waals surface area contributed by atoms with Gasteiger partial charge in [0, 0.05) is 5.02 Å². The van der Waals surface area contributed by atoms with Crippen molar-refractivity contribution in [3.05, 3.63) is 65.7 Å². The van der Waals surface area contributed by atoms with Crippen LogP contribution in [0.15, 0.2) is 60.0 Å². The number of anilines is 1. The zero-order chi connectivity index (χ0) is 16.9. The Labute approximate surface area is 146 Å². The van der Waals surface area contributed by atoms with Crippen LogP contribution in [0.3, 0.4) is 0 Å². The number of para-hydroxylation sites is 1. The number of benzene rings is 2. The van der Waals surface area contributed by atoms with Crippen LogP contribution in [-0.2, 0) is 4.79 Å². The number of carbonyl (C=O) groups excluding carboxylic acids is 1. The molecule has 0 atom stereocenters. The fourth-order valence-electron chi connectivity index (χ4n) is 2.00. The molecule has 1 amide bonds. The van der Waals surface area contributed by atoms with Crippen molar-refractivity contribution < 1.29 is 9.18 Å². The van der Waals surface area contributed by atoms with Gasteiger partial charge in [-0.3, -0.25) is 9.36 Å². The summed E-state index contributed by atoms with van der Waals surface area (Å²) in [5.74, 6) is -0.725. The van der Waals surface area contributed by atoms with Gasteiger partial charge >= 0.3 is 0 Å². The van der Waals surface area contributed by atoms with Crippen LogP contribution in [0.4, 0.5) is 10.1 Å². The Bertz CT molecular complexity index is 871. The maximum Gasteiger partial charge on any atom is 0.234 e. The molecule has 24 heavy (non-hydrogen) atoms. The van der Waals surface area contributed by atoms with E-state index in [0.29, 0.717) is 10.2 Å². The van der Waals surface area contributed by atoms with E-state index in [4.69, 9.17) is 11.6 Å². The Morgan fingerprint density at radius 2 is 2.08 bits per heavy atom. The number of aromatic nitrogens is 3. The molecule has 1 aromatic heterocycles. The van der Waals surface area contributed by atoms with Crippen molar-refractivity contribution in [1.29, 1.82) is 0 Å². The van der Waals surface area contributed by atoms with Gasteiger partial charge in [-0.1, -0.05) is 41.6 Å². The van der Waals surface area contributed by atoms with Gasteiger partial charge in [-0.05, 0) is 30.3 Å². The number of halogens is 2. The molecule has 1 N–H and O–H groups in total. The van der Waals surface area contributed by atoms with Crippen molar-refractivity contribution >= 4 is 35.0 Å². The first-order chi connectivity index (χ1) is 11.6. The predicted molar refractivity (Wildman–Crippen MR) is 92.1 cm³/mol. The number of hydrogen-bond donors (Lipinski definition) is 1. The molecule has 1 heterocycles. The van der Waals surface area contributed by atoms with E-state index >= 15 is 0 Å². The van der Waals surface area contributed by atoms with E-state index in [-0.39, 0.29) is 17.3 Å². The van der Waals surface area contributed by atoms with Gasteiger partial charge in [0.15, 0.2) is 5.16 Å². The van der Waals surface area contributed by atoms with Gasteiger partial charge in [0.05, 0.1) is 17.1 Å². The molecule has 3 aromatic rings. The first kappa shape index (κ1) is 16.5. The summed E-state index contributed by atoms with van der Waals surface area (Å²) in [7, 11) is 0. The summed E-state index contributed by atoms with van der Waals surface area (Å²) < 4.78 is 15.3. The molecule has 0 radical (unpaired) electrons. The van der Waals surface area contributed by atoms with E-state index in [2.05, 4.69) is 15.5 Å². The van der Waals surface area contributed by atoms with Crippen LogP contribution in [0.1, 0.15) is 0 Å². The molecule has 8 heteroatoms. The summed E-state index contributed by atoms with van der Waals surface area (Å²) in [5, 5.41) is 11.5.